The van der Waals surface area contributed by atoms with Gasteiger partial charge in [0.25, 0.3) is 0 Å². The second kappa shape index (κ2) is 9.69. The molecular weight excluding hydrogens is 386 g/mol. The molecule has 3 rings (SSSR count). The number of ether oxygens (including phenoxy) is 2. The molecular formula is C22H23N3O5. The maximum atomic E-state index is 12.4. The van der Waals surface area contributed by atoms with Crippen LogP contribution in [0.3, 0.4) is 0 Å². The lowest BCUT2D eigenvalue weighted by Crippen LogP contribution is -2.30. The van der Waals surface area contributed by atoms with Crippen LogP contribution in [0.2, 0.25) is 0 Å². The number of benzene rings is 2. The molecule has 2 amide bonds. The summed E-state index contributed by atoms with van der Waals surface area (Å²) in [6, 6.07) is 13.8. The average Bonchev–Trinajstić information content (AvgIpc) is 3.16. The molecule has 1 N–H and O–H groups in total. The van der Waals surface area contributed by atoms with Crippen molar-refractivity contribution in [2.45, 2.75) is 13.3 Å². The highest BCUT2D eigenvalue weighted by atomic mass is 16.5. The lowest BCUT2D eigenvalue weighted by Gasteiger charge is -2.17. The standard InChI is InChI=1S/C22H23N3O5/c1-3-30-19-10-8-18(9-11-19)25-14-17(12-20(25)26)21(27)24-23-13-15-4-6-16(7-5-15)22(28)29-2/h4-11,13,17H,3,12,14H2,1-2H3,(H,24,27)/b23-13+/t17-/m0/s1. The summed E-state index contributed by atoms with van der Waals surface area (Å²) < 4.78 is 10.1. The van der Waals surface area contributed by atoms with Crippen LogP contribution < -0.4 is 15.1 Å². The lowest BCUT2D eigenvalue weighted by molar-refractivity contribution is -0.126. The van der Waals surface area contributed by atoms with E-state index in [1.165, 1.54) is 13.3 Å². The van der Waals surface area contributed by atoms with Gasteiger partial charge in [0.05, 0.1) is 31.4 Å². The second-order valence-corrected chi connectivity index (χ2v) is 6.68. The van der Waals surface area contributed by atoms with Crippen LogP contribution in [0.25, 0.3) is 0 Å². The van der Waals surface area contributed by atoms with Crippen molar-refractivity contribution in [1.82, 2.24) is 5.43 Å². The Morgan fingerprint density at radius 2 is 1.87 bits per heavy atom. The van der Waals surface area contributed by atoms with Crippen LogP contribution in [0, 0.1) is 5.92 Å². The molecule has 1 aliphatic heterocycles. The predicted octanol–water partition coefficient (Wildman–Crippen LogP) is 2.38. The number of nitrogens with one attached hydrogen (secondary N) is 1. The van der Waals surface area contributed by atoms with Crippen molar-refractivity contribution in [2.75, 3.05) is 25.2 Å². The number of amides is 2. The molecule has 8 heteroatoms. The Kier molecular flexibility index (Phi) is 6.79. The van der Waals surface area contributed by atoms with Gasteiger partial charge < -0.3 is 14.4 Å². The van der Waals surface area contributed by atoms with E-state index in [-0.39, 0.29) is 18.2 Å². The van der Waals surface area contributed by atoms with Crippen molar-refractivity contribution < 1.29 is 23.9 Å². The van der Waals surface area contributed by atoms with Gasteiger partial charge in [0, 0.05) is 18.7 Å². The van der Waals surface area contributed by atoms with Crippen LogP contribution in [-0.2, 0) is 14.3 Å². The molecule has 0 radical (unpaired) electrons. The number of hydrazone groups is 1. The van der Waals surface area contributed by atoms with Gasteiger partial charge in [0.15, 0.2) is 0 Å². The minimum absolute atomic E-state index is 0.110. The summed E-state index contributed by atoms with van der Waals surface area (Å²) in [4.78, 5) is 37.8. The van der Waals surface area contributed by atoms with Gasteiger partial charge in [-0.2, -0.15) is 5.10 Å². The molecule has 2 aromatic rings. The van der Waals surface area contributed by atoms with Crippen molar-refractivity contribution in [3.05, 3.63) is 59.7 Å². The summed E-state index contributed by atoms with van der Waals surface area (Å²) >= 11 is 0. The molecule has 0 unspecified atom stereocenters. The van der Waals surface area contributed by atoms with E-state index in [1.807, 2.05) is 6.92 Å². The second-order valence-electron chi connectivity index (χ2n) is 6.68. The Hall–Kier alpha value is -3.68. The monoisotopic (exact) mass is 409 g/mol. The SMILES string of the molecule is CCOc1ccc(N2C[C@@H](C(=O)N/N=C/c3ccc(C(=O)OC)cc3)CC2=O)cc1. The van der Waals surface area contributed by atoms with Crippen LogP contribution in [0.1, 0.15) is 29.3 Å². The van der Waals surface area contributed by atoms with Gasteiger partial charge in [-0.15, -0.1) is 0 Å². The molecule has 0 saturated carbocycles. The Morgan fingerprint density at radius 1 is 1.17 bits per heavy atom. The first-order valence-electron chi connectivity index (χ1n) is 9.56. The predicted molar refractivity (Wildman–Crippen MR) is 112 cm³/mol. The minimum Gasteiger partial charge on any atom is -0.494 e. The lowest BCUT2D eigenvalue weighted by atomic mass is 10.1. The zero-order chi connectivity index (χ0) is 21.5. The highest BCUT2D eigenvalue weighted by molar-refractivity contribution is 6.00. The molecule has 8 nitrogen and oxygen atoms in total. The minimum atomic E-state index is -0.483. The molecule has 1 atom stereocenters. The third-order valence-corrected chi connectivity index (χ3v) is 4.68. The van der Waals surface area contributed by atoms with E-state index in [0.29, 0.717) is 24.3 Å². The third-order valence-electron chi connectivity index (χ3n) is 4.68. The van der Waals surface area contributed by atoms with Crippen LogP contribution >= 0.6 is 0 Å². The summed E-state index contributed by atoms with van der Waals surface area (Å²) in [6.45, 7) is 2.77. The number of methoxy groups -OCH3 is 1. The van der Waals surface area contributed by atoms with Crippen molar-refractivity contribution >= 4 is 29.7 Å². The zero-order valence-corrected chi connectivity index (χ0v) is 16.8. The molecule has 2 aromatic carbocycles. The van der Waals surface area contributed by atoms with E-state index in [9.17, 15) is 14.4 Å². The van der Waals surface area contributed by atoms with Crippen molar-refractivity contribution in [1.29, 1.82) is 0 Å². The Labute approximate surface area is 174 Å². The molecule has 30 heavy (non-hydrogen) atoms. The molecule has 156 valence electrons. The molecule has 1 heterocycles. The normalized spacial score (nSPS) is 16.0. The maximum Gasteiger partial charge on any atom is 0.337 e. The summed E-state index contributed by atoms with van der Waals surface area (Å²) in [6.07, 6.45) is 1.60. The number of hydrogen-bond donors (Lipinski definition) is 1. The molecule has 1 fully saturated rings. The van der Waals surface area contributed by atoms with E-state index < -0.39 is 11.9 Å². The number of carbonyl (C=O) groups excluding carboxylic acids is 3. The largest absolute Gasteiger partial charge is 0.494 e. The molecule has 0 aromatic heterocycles. The molecule has 1 saturated heterocycles. The Morgan fingerprint density at radius 3 is 2.50 bits per heavy atom. The number of carbonyl (C=O) groups is 3. The number of rotatable bonds is 7. The van der Waals surface area contributed by atoms with Crippen LogP contribution in [0.15, 0.2) is 53.6 Å². The van der Waals surface area contributed by atoms with E-state index in [2.05, 4.69) is 15.3 Å². The van der Waals surface area contributed by atoms with Crippen molar-refractivity contribution in [3.63, 3.8) is 0 Å². The highest BCUT2D eigenvalue weighted by Gasteiger charge is 2.35. The first-order chi connectivity index (χ1) is 14.5. The van der Waals surface area contributed by atoms with Gasteiger partial charge in [0.1, 0.15) is 5.75 Å². The van der Waals surface area contributed by atoms with Gasteiger partial charge in [-0.05, 0) is 48.9 Å². The van der Waals surface area contributed by atoms with Gasteiger partial charge in [-0.1, -0.05) is 12.1 Å². The Balaban J connectivity index is 1.55. The van der Waals surface area contributed by atoms with Crippen LogP contribution in [-0.4, -0.2) is 44.3 Å². The first kappa shape index (κ1) is 21.0. The van der Waals surface area contributed by atoms with E-state index in [0.717, 1.165) is 11.4 Å². The van der Waals surface area contributed by atoms with E-state index >= 15 is 0 Å². The van der Waals surface area contributed by atoms with Crippen molar-refractivity contribution in [3.8, 4) is 5.75 Å². The summed E-state index contributed by atoms with van der Waals surface area (Å²) in [5, 5.41) is 3.95. The van der Waals surface area contributed by atoms with Crippen LogP contribution in [0.5, 0.6) is 5.75 Å². The topological polar surface area (TPSA) is 97.3 Å². The third kappa shape index (κ3) is 5.02. The Bertz CT molecular complexity index is 938. The number of nitrogens with zero attached hydrogens (tertiary/aromatic N) is 2. The smallest absolute Gasteiger partial charge is 0.337 e. The van der Waals surface area contributed by atoms with Crippen molar-refractivity contribution in [2.24, 2.45) is 11.0 Å². The molecule has 0 spiro atoms. The fraction of sp³-hybridized carbons (Fsp3) is 0.273. The van der Waals surface area contributed by atoms with Gasteiger partial charge in [0.2, 0.25) is 11.8 Å². The molecule has 1 aliphatic rings. The number of hydrogen-bond acceptors (Lipinski definition) is 6. The number of esters is 1. The van der Waals surface area contributed by atoms with E-state index in [1.54, 1.807) is 53.4 Å². The fourth-order valence-electron chi connectivity index (χ4n) is 3.11. The summed E-state index contributed by atoms with van der Waals surface area (Å²) in [5.41, 5.74) is 4.35. The molecule has 0 bridgehead atoms. The first-order valence-corrected chi connectivity index (χ1v) is 9.56. The van der Waals surface area contributed by atoms with E-state index in [4.69, 9.17) is 4.74 Å². The summed E-state index contributed by atoms with van der Waals surface area (Å²) in [7, 11) is 1.32. The van der Waals surface area contributed by atoms with Gasteiger partial charge in [-0.3, -0.25) is 9.59 Å². The molecule has 0 aliphatic carbocycles. The maximum absolute atomic E-state index is 12.4. The fourth-order valence-corrected chi connectivity index (χ4v) is 3.11. The average molecular weight is 409 g/mol. The zero-order valence-electron chi connectivity index (χ0n) is 16.8. The number of anilines is 1. The highest BCUT2D eigenvalue weighted by Crippen LogP contribution is 2.27. The van der Waals surface area contributed by atoms with Gasteiger partial charge >= 0.3 is 5.97 Å². The van der Waals surface area contributed by atoms with Gasteiger partial charge in [-0.25, -0.2) is 10.2 Å². The van der Waals surface area contributed by atoms with Crippen LogP contribution in [0.4, 0.5) is 5.69 Å². The quantitative estimate of drug-likeness (QED) is 0.430. The summed E-state index contributed by atoms with van der Waals surface area (Å²) in [5.74, 6) is -0.602.